The molecule has 1 aromatic carbocycles. The molecule has 2 aliphatic heterocycles. The van der Waals surface area contributed by atoms with Crippen molar-refractivity contribution in [3.05, 3.63) is 29.3 Å². The molecular weight excluding hydrogens is 350 g/mol. The van der Waals surface area contributed by atoms with Crippen LogP contribution in [0.3, 0.4) is 0 Å². The van der Waals surface area contributed by atoms with Gasteiger partial charge in [0, 0.05) is 52.4 Å². The molecule has 0 unspecified atom stereocenters. The molecule has 0 radical (unpaired) electrons. The van der Waals surface area contributed by atoms with Gasteiger partial charge in [0.2, 0.25) is 0 Å². The van der Waals surface area contributed by atoms with E-state index in [0.717, 1.165) is 88.8 Å². The molecule has 2 heterocycles. The predicted octanol–water partition coefficient (Wildman–Crippen LogP) is 1.76. The molecule has 0 aliphatic carbocycles. The number of nitrogens with zero attached hydrogens (tertiary/aromatic N) is 4. The molecule has 6 nitrogen and oxygen atoms in total. The van der Waals surface area contributed by atoms with Gasteiger partial charge in [-0.05, 0) is 19.1 Å². The fourth-order valence-electron chi connectivity index (χ4n) is 3.42. The van der Waals surface area contributed by atoms with E-state index in [4.69, 9.17) is 21.3 Å². The zero-order valence-corrected chi connectivity index (χ0v) is 16.4. The number of rotatable bonds is 5. The molecule has 0 aromatic heterocycles. The minimum absolute atomic E-state index is 0.826. The highest BCUT2D eigenvalue weighted by atomic mass is 35.5. The number of piperazine rings is 1. The van der Waals surface area contributed by atoms with E-state index in [9.17, 15) is 0 Å². The maximum Gasteiger partial charge on any atom is 0.194 e. The Bertz CT molecular complexity index is 583. The molecule has 1 N–H and O–H groups in total. The summed E-state index contributed by atoms with van der Waals surface area (Å²) in [6.07, 6.45) is 0. The Morgan fingerprint density at radius 3 is 2.54 bits per heavy atom. The molecule has 0 saturated carbocycles. The molecule has 2 saturated heterocycles. The van der Waals surface area contributed by atoms with E-state index in [-0.39, 0.29) is 0 Å². The fraction of sp³-hybridized carbons (Fsp3) is 0.632. The smallest absolute Gasteiger partial charge is 0.194 e. The van der Waals surface area contributed by atoms with Crippen LogP contribution in [-0.2, 0) is 4.74 Å². The summed E-state index contributed by atoms with van der Waals surface area (Å²) < 4.78 is 5.40. The number of morpholine rings is 1. The zero-order valence-electron chi connectivity index (χ0n) is 15.7. The van der Waals surface area contributed by atoms with Crippen LogP contribution in [0.5, 0.6) is 0 Å². The molecule has 3 rings (SSSR count). The van der Waals surface area contributed by atoms with Gasteiger partial charge in [-0.1, -0.05) is 23.7 Å². The number of ether oxygens (including phenoxy) is 1. The molecule has 0 atom stereocenters. The molecule has 2 fully saturated rings. The topological polar surface area (TPSA) is 43.3 Å². The van der Waals surface area contributed by atoms with Crippen molar-refractivity contribution in [2.45, 2.75) is 6.92 Å². The summed E-state index contributed by atoms with van der Waals surface area (Å²) in [7, 11) is 0. The third-order valence-corrected chi connectivity index (χ3v) is 5.21. The number of hydrogen-bond acceptors (Lipinski definition) is 4. The average molecular weight is 380 g/mol. The van der Waals surface area contributed by atoms with Crippen molar-refractivity contribution in [2.24, 2.45) is 4.99 Å². The number of guanidine groups is 1. The van der Waals surface area contributed by atoms with Crippen LogP contribution in [-0.4, -0.2) is 87.9 Å². The Morgan fingerprint density at radius 1 is 1.12 bits per heavy atom. The van der Waals surface area contributed by atoms with Gasteiger partial charge in [-0.3, -0.25) is 9.89 Å². The Hall–Kier alpha value is -1.50. The molecule has 1 aromatic rings. The Kier molecular flexibility index (Phi) is 7.41. The summed E-state index contributed by atoms with van der Waals surface area (Å²) in [6, 6.07) is 8.08. The van der Waals surface area contributed by atoms with E-state index in [0.29, 0.717) is 0 Å². The van der Waals surface area contributed by atoms with Crippen molar-refractivity contribution in [3.63, 3.8) is 0 Å². The van der Waals surface area contributed by atoms with Gasteiger partial charge in [0.1, 0.15) is 0 Å². The molecule has 0 bridgehead atoms. The molecular formula is C19H30ClN5O. The van der Waals surface area contributed by atoms with Crippen molar-refractivity contribution >= 4 is 23.2 Å². The number of anilines is 1. The number of halogens is 1. The normalized spacial score (nSPS) is 19.7. The Balaban J connectivity index is 1.52. The molecule has 26 heavy (non-hydrogen) atoms. The number of aliphatic imine (C=N–C) groups is 1. The monoisotopic (exact) mass is 379 g/mol. The van der Waals surface area contributed by atoms with E-state index < -0.39 is 0 Å². The summed E-state index contributed by atoms with van der Waals surface area (Å²) in [5.41, 5.74) is 1.13. The first-order valence-corrected chi connectivity index (χ1v) is 9.98. The van der Waals surface area contributed by atoms with Crippen LogP contribution in [0, 0.1) is 0 Å². The highest BCUT2D eigenvalue weighted by Crippen LogP contribution is 2.25. The molecule has 0 amide bonds. The first-order valence-electron chi connectivity index (χ1n) is 9.60. The Labute approximate surface area is 161 Å². The zero-order chi connectivity index (χ0) is 18.2. The average Bonchev–Trinajstić information content (AvgIpc) is 2.69. The number of nitrogens with one attached hydrogen (secondary N) is 1. The summed E-state index contributed by atoms with van der Waals surface area (Å²) in [5.74, 6) is 1.03. The van der Waals surface area contributed by atoms with E-state index in [1.165, 1.54) is 0 Å². The van der Waals surface area contributed by atoms with Crippen molar-refractivity contribution in [1.82, 2.24) is 15.1 Å². The van der Waals surface area contributed by atoms with Crippen molar-refractivity contribution < 1.29 is 4.74 Å². The third-order valence-electron chi connectivity index (χ3n) is 4.89. The van der Waals surface area contributed by atoms with Crippen LogP contribution in [0.4, 0.5) is 5.69 Å². The van der Waals surface area contributed by atoms with Gasteiger partial charge in [0.05, 0.1) is 30.5 Å². The van der Waals surface area contributed by atoms with Crippen LogP contribution in [0.1, 0.15) is 6.92 Å². The van der Waals surface area contributed by atoms with Gasteiger partial charge >= 0.3 is 0 Å². The number of para-hydroxylation sites is 1. The van der Waals surface area contributed by atoms with Gasteiger partial charge < -0.3 is 19.9 Å². The van der Waals surface area contributed by atoms with Crippen molar-refractivity contribution in [2.75, 3.05) is 77.0 Å². The van der Waals surface area contributed by atoms with Crippen LogP contribution in [0.2, 0.25) is 5.02 Å². The number of hydrogen-bond donors (Lipinski definition) is 1. The SMILES string of the molecule is CCNC(=NCCN1CCOCC1)N1CCN(c2ccccc2Cl)CC1. The molecule has 0 spiro atoms. The lowest BCUT2D eigenvalue weighted by Gasteiger charge is -2.38. The third kappa shape index (κ3) is 5.25. The highest BCUT2D eigenvalue weighted by Gasteiger charge is 2.21. The highest BCUT2D eigenvalue weighted by molar-refractivity contribution is 6.33. The fourth-order valence-corrected chi connectivity index (χ4v) is 3.67. The lowest BCUT2D eigenvalue weighted by molar-refractivity contribution is 0.0394. The van der Waals surface area contributed by atoms with Crippen LogP contribution in [0.15, 0.2) is 29.3 Å². The quantitative estimate of drug-likeness (QED) is 0.623. The van der Waals surface area contributed by atoms with Crippen molar-refractivity contribution in [3.8, 4) is 0 Å². The number of benzene rings is 1. The van der Waals surface area contributed by atoms with E-state index in [1.807, 2.05) is 18.2 Å². The van der Waals surface area contributed by atoms with Gasteiger partial charge in [0.25, 0.3) is 0 Å². The molecule has 144 valence electrons. The largest absolute Gasteiger partial charge is 0.379 e. The first kappa shape index (κ1) is 19.3. The van der Waals surface area contributed by atoms with Gasteiger partial charge in [-0.2, -0.15) is 0 Å². The van der Waals surface area contributed by atoms with Crippen LogP contribution >= 0.6 is 11.6 Å². The predicted molar refractivity (Wildman–Crippen MR) is 108 cm³/mol. The van der Waals surface area contributed by atoms with Gasteiger partial charge in [0.15, 0.2) is 5.96 Å². The summed E-state index contributed by atoms with van der Waals surface area (Å²) in [5, 5.41) is 4.27. The maximum absolute atomic E-state index is 6.34. The second-order valence-electron chi connectivity index (χ2n) is 6.62. The molecule has 7 heteroatoms. The minimum Gasteiger partial charge on any atom is -0.379 e. The minimum atomic E-state index is 0.826. The maximum atomic E-state index is 6.34. The molecule has 2 aliphatic rings. The van der Waals surface area contributed by atoms with E-state index >= 15 is 0 Å². The van der Waals surface area contributed by atoms with E-state index in [2.05, 4.69) is 33.0 Å². The summed E-state index contributed by atoms with van der Waals surface area (Å²) in [6.45, 7) is 12.4. The summed E-state index contributed by atoms with van der Waals surface area (Å²) in [4.78, 5) is 12.0. The van der Waals surface area contributed by atoms with Gasteiger partial charge in [-0.25, -0.2) is 0 Å². The second kappa shape index (κ2) is 10.00. The van der Waals surface area contributed by atoms with Gasteiger partial charge in [-0.15, -0.1) is 0 Å². The standard InChI is InChI=1S/C19H30ClN5O/c1-2-21-19(22-7-8-23-13-15-26-16-14-23)25-11-9-24(10-12-25)18-6-4-3-5-17(18)20/h3-6H,2,7-16H2,1H3,(H,21,22). The van der Waals surface area contributed by atoms with Crippen LogP contribution in [0.25, 0.3) is 0 Å². The summed E-state index contributed by atoms with van der Waals surface area (Å²) >= 11 is 6.34. The lowest BCUT2D eigenvalue weighted by atomic mass is 10.2. The van der Waals surface area contributed by atoms with Crippen LogP contribution < -0.4 is 10.2 Å². The lowest BCUT2D eigenvalue weighted by Crippen LogP contribution is -2.52. The Morgan fingerprint density at radius 2 is 1.85 bits per heavy atom. The van der Waals surface area contributed by atoms with Crippen molar-refractivity contribution in [1.29, 1.82) is 0 Å². The van der Waals surface area contributed by atoms with E-state index in [1.54, 1.807) is 0 Å². The first-order chi connectivity index (χ1) is 12.8. The second-order valence-corrected chi connectivity index (χ2v) is 7.02.